The lowest BCUT2D eigenvalue weighted by Crippen LogP contribution is -2.51. The lowest BCUT2D eigenvalue weighted by atomic mass is 9.74. The third-order valence-electron chi connectivity index (χ3n) is 4.79. The highest BCUT2D eigenvalue weighted by Gasteiger charge is 2.37. The molecular weight excluding hydrogens is 326 g/mol. The SMILES string of the molecule is Cc1ccc(NC(=O)C2CCCCC2(C)N)cc1S(=O)(=O)N(C)C. The van der Waals surface area contributed by atoms with Crippen LogP contribution in [0.25, 0.3) is 0 Å². The fourth-order valence-corrected chi connectivity index (χ4v) is 4.31. The van der Waals surface area contributed by atoms with Crippen molar-refractivity contribution in [3.05, 3.63) is 23.8 Å². The number of carbonyl (C=O) groups excluding carboxylic acids is 1. The summed E-state index contributed by atoms with van der Waals surface area (Å²) in [6.07, 6.45) is 3.60. The van der Waals surface area contributed by atoms with E-state index in [0.717, 1.165) is 25.7 Å². The van der Waals surface area contributed by atoms with Crippen molar-refractivity contribution in [3.63, 3.8) is 0 Å². The Balaban J connectivity index is 2.26. The second-order valence-corrected chi connectivity index (χ2v) is 9.18. The standard InChI is InChI=1S/C17H27N3O3S/c1-12-8-9-13(11-15(12)24(22,23)20(3)4)19-16(21)14-7-5-6-10-17(14,2)18/h8-9,11,14H,5-7,10,18H2,1-4H3,(H,19,21). The average molecular weight is 353 g/mol. The molecule has 6 nitrogen and oxygen atoms in total. The number of nitrogens with one attached hydrogen (secondary N) is 1. The molecule has 2 atom stereocenters. The van der Waals surface area contributed by atoms with Crippen LogP contribution in [0.5, 0.6) is 0 Å². The molecule has 2 rings (SSSR count). The Morgan fingerprint density at radius 2 is 2.00 bits per heavy atom. The number of nitrogens with zero attached hydrogens (tertiary/aromatic N) is 1. The Hall–Kier alpha value is -1.44. The number of hydrogen-bond donors (Lipinski definition) is 2. The lowest BCUT2D eigenvalue weighted by molar-refractivity contribution is -0.122. The first kappa shape index (κ1) is 18.9. The van der Waals surface area contributed by atoms with Crippen LogP contribution >= 0.6 is 0 Å². The van der Waals surface area contributed by atoms with Gasteiger partial charge < -0.3 is 11.1 Å². The molecule has 3 N–H and O–H groups in total. The molecule has 1 aliphatic carbocycles. The van der Waals surface area contributed by atoms with Gasteiger partial charge in [-0.2, -0.15) is 0 Å². The monoisotopic (exact) mass is 353 g/mol. The maximum atomic E-state index is 12.6. The second-order valence-electron chi connectivity index (χ2n) is 7.06. The molecule has 1 aromatic carbocycles. The lowest BCUT2D eigenvalue weighted by Gasteiger charge is -2.37. The first-order chi connectivity index (χ1) is 11.1. The van der Waals surface area contributed by atoms with E-state index in [0.29, 0.717) is 11.3 Å². The van der Waals surface area contributed by atoms with Gasteiger partial charge in [-0.05, 0) is 44.4 Å². The van der Waals surface area contributed by atoms with Crippen LogP contribution in [0.3, 0.4) is 0 Å². The van der Waals surface area contributed by atoms with Crippen LogP contribution in [0.4, 0.5) is 5.69 Å². The number of rotatable bonds is 4. The summed E-state index contributed by atoms with van der Waals surface area (Å²) in [6, 6.07) is 4.94. The number of benzene rings is 1. The Labute approximate surface area is 144 Å². The van der Waals surface area contributed by atoms with E-state index in [-0.39, 0.29) is 16.7 Å². The largest absolute Gasteiger partial charge is 0.326 e. The number of carbonyl (C=O) groups is 1. The maximum absolute atomic E-state index is 12.6. The van der Waals surface area contributed by atoms with Gasteiger partial charge in [0, 0.05) is 25.3 Å². The number of hydrogen-bond acceptors (Lipinski definition) is 4. The van der Waals surface area contributed by atoms with E-state index in [1.165, 1.54) is 24.5 Å². The molecule has 0 aliphatic heterocycles. The van der Waals surface area contributed by atoms with Crippen LogP contribution in [0.1, 0.15) is 38.2 Å². The van der Waals surface area contributed by atoms with Crippen molar-refractivity contribution >= 4 is 21.6 Å². The van der Waals surface area contributed by atoms with Crippen LogP contribution in [-0.2, 0) is 14.8 Å². The van der Waals surface area contributed by atoms with Gasteiger partial charge in [0.25, 0.3) is 0 Å². The molecule has 1 fully saturated rings. The van der Waals surface area contributed by atoms with Crippen LogP contribution in [0.15, 0.2) is 23.1 Å². The summed E-state index contributed by atoms with van der Waals surface area (Å²) in [7, 11) is -0.580. The summed E-state index contributed by atoms with van der Waals surface area (Å²) in [4.78, 5) is 12.8. The molecule has 24 heavy (non-hydrogen) atoms. The van der Waals surface area contributed by atoms with Gasteiger partial charge in [-0.25, -0.2) is 12.7 Å². The van der Waals surface area contributed by atoms with Crippen molar-refractivity contribution < 1.29 is 13.2 Å². The van der Waals surface area contributed by atoms with Gasteiger partial charge in [-0.3, -0.25) is 4.79 Å². The first-order valence-corrected chi connectivity index (χ1v) is 9.62. The molecule has 1 aliphatic rings. The molecule has 0 radical (unpaired) electrons. The molecule has 7 heteroatoms. The topological polar surface area (TPSA) is 92.5 Å². The van der Waals surface area contributed by atoms with E-state index < -0.39 is 15.6 Å². The Bertz CT molecular complexity index is 727. The molecule has 1 amide bonds. The Kier molecular flexibility index (Phi) is 5.37. The van der Waals surface area contributed by atoms with Gasteiger partial charge in [-0.1, -0.05) is 18.9 Å². The van der Waals surface area contributed by atoms with Crippen molar-refractivity contribution in [2.24, 2.45) is 11.7 Å². The molecule has 0 aromatic heterocycles. The first-order valence-electron chi connectivity index (χ1n) is 8.18. The highest BCUT2D eigenvalue weighted by atomic mass is 32.2. The van der Waals surface area contributed by atoms with E-state index in [2.05, 4.69) is 5.32 Å². The smallest absolute Gasteiger partial charge is 0.242 e. The Morgan fingerprint density at radius 3 is 2.58 bits per heavy atom. The third kappa shape index (κ3) is 3.79. The van der Waals surface area contributed by atoms with Gasteiger partial charge in [0.05, 0.1) is 10.8 Å². The minimum absolute atomic E-state index is 0.142. The van der Waals surface area contributed by atoms with Crippen molar-refractivity contribution in [3.8, 4) is 0 Å². The van der Waals surface area contributed by atoms with Crippen molar-refractivity contribution in [1.29, 1.82) is 0 Å². The Morgan fingerprint density at radius 1 is 1.33 bits per heavy atom. The number of sulfonamides is 1. The number of nitrogens with two attached hydrogens (primary N) is 1. The van der Waals surface area contributed by atoms with Crippen molar-refractivity contribution in [2.75, 3.05) is 19.4 Å². The van der Waals surface area contributed by atoms with E-state index in [9.17, 15) is 13.2 Å². The quantitative estimate of drug-likeness (QED) is 0.867. The zero-order valence-electron chi connectivity index (χ0n) is 14.8. The summed E-state index contributed by atoms with van der Waals surface area (Å²) in [5, 5.41) is 2.84. The normalized spacial score (nSPS) is 24.8. The molecule has 0 saturated heterocycles. The predicted molar refractivity (Wildman–Crippen MR) is 95.2 cm³/mol. The minimum Gasteiger partial charge on any atom is -0.326 e. The molecular formula is C17H27N3O3S. The molecule has 2 unspecified atom stereocenters. The molecule has 0 spiro atoms. The molecule has 1 aromatic rings. The number of amides is 1. The van der Waals surface area contributed by atoms with Crippen LogP contribution < -0.4 is 11.1 Å². The fraction of sp³-hybridized carbons (Fsp3) is 0.588. The van der Waals surface area contributed by atoms with Gasteiger partial charge >= 0.3 is 0 Å². The van der Waals surface area contributed by atoms with E-state index in [1.807, 2.05) is 6.92 Å². The van der Waals surface area contributed by atoms with Crippen molar-refractivity contribution in [1.82, 2.24) is 4.31 Å². The van der Waals surface area contributed by atoms with Crippen molar-refractivity contribution in [2.45, 2.75) is 50.0 Å². The zero-order valence-corrected chi connectivity index (χ0v) is 15.6. The summed E-state index contributed by atoms with van der Waals surface area (Å²) < 4.78 is 25.9. The van der Waals surface area contributed by atoms with Crippen LogP contribution in [-0.4, -0.2) is 38.3 Å². The van der Waals surface area contributed by atoms with E-state index in [1.54, 1.807) is 19.1 Å². The molecule has 0 heterocycles. The van der Waals surface area contributed by atoms with Gasteiger partial charge in [0.1, 0.15) is 0 Å². The predicted octanol–water partition coefficient (Wildman–Crippen LogP) is 2.09. The summed E-state index contributed by atoms with van der Waals surface area (Å²) in [6.45, 7) is 3.65. The highest BCUT2D eigenvalue weighted by Crippen LogP contribution is 2.32. The number of anilines is 1. The summed E-state index contributed by atoms with van der Waals surface area (Å²) in [5.74, 6) is -0.404. The van der Waals surface area contributed by atoms with Gasteiger partial charge in [-0.15, -0.1) is 0 Å². The minimum atomic E-state index is -3.56. The van der Waals surface area contributed by atoms with Crippen LogP contribution in [0.2, 0.25) is 0 Å². The summed E-state index contributed by atoms with van der Waals surface area (Å²) in [5.41, 5.74) is 6.87. The van der Waals surface area contributed by atoms with Gasteiger partial charge in [0.2, 0.25) is 15.9 Å². The molecule has 0 bridgehead atoms. The van der Waals surface area contributed by atoms with E-state index >= 15 is 0 Å². The average Bonchev–Trinajstić information content (AvgIpc) is 2.48. The third-order valence-corrected chi connectivity index (χ3v) is 6.74. The van der Waals surface area contributed by atoms with E-state index in [4.69, 9.17) is 5.73 Å². The highest BCUT2D eigenvalue weighted by molar-refractivity contribution is 7.89. The van der Waals surface area contributed by atoms with Gasteiger partial charge in [0.15, 0.2) is 0 Å². The van der Waals surface area contributed by atoms with Crippen LogP contribution in [0, 0.1) is 12.8 Å². The maximum Gasteiger partial charge on any atom is 0.242 e. The molecule has 134 valence electrons. The summed E-state index contributed by atoms with van der Waals surface area (Å²) >= 11 is 0. The fourth-order valence-electron chi connectivity index (χ4n) is 3.17. The number of aryl methyl sites for hydroxylation is 1. The molecule has 1 saturated carbocycles. The zero-order chi connectivity index (χ0) is 18.1. The second kappa shape index (κ2) is 6.82.